The maximum Gasteiger partial charge on any atom is 0.184 e. The van der Waals surface area contributed by atoms with Crippen molar-refractivity contribution in [3.63, 3.8) is 0 Å². The number of carbonyl (C=O) groups is 1. The third-order valence-corrected chi connectivity index (χ3v) is 10.2. The molecule has 0 amide bonds. The van der Waals surface area contributed by atoms with Crippen LogP contribution in [0.4, 0.5) is 0 Å². The van der Waals surface area contributed by atoms with E-state index in [0.717, 1.165) is 51.4 Å². The van der Waals surface area contributed by atoms with Crippen LogP contribution in [0.15, 0.2) is 0 Å². The normalized spacial score (nSPS) is 31.0. The fraction of sp³-hybridized carbons (Fsp3) is 0.966. The van der Waals surface area contributed by atoms with E-state index in [0.29, 0.717) is 30.5 Å². The molecule has 0 aromatic heterocycles. The van der Waals surface area contributed by atoms with Gasteiger partial charge in [-0.3, -0.25) is 4.79 Å². The van der Waals surface area contributed by atoms with Gasteiger partial charge in [0.25, 0.3) is 0 Å². The molecule has 34 heavy (non-hydrogen) atoms. The zero-order valence-electron chi connectivity index (χ0n) is 29.7. The fourth-order valence-corrected chi connectivity index (χ4v) is 10.1. The number of rotatable bonds is 13. The first kappa shape index (κ1) is 22.0. The molecule has 0 unspecified atom stereocenters. The molecule has 0 heterocycles. The Balaban J connectivity index is 2.29. The maximum atomic E-state index is 12.9. The summed E-state index contributed by atoms with van der Waals surface area (Å²) in [5.41, 5.74) is -2.39. The van der Waals surface area contributed by atoms with E-state index in [4.69, 9.17) is 17.1 Å². The summed E-state index contributed by atoms with van der Waals surface area (Å²) in [4.78, 5) is 12.9. The summed E-state index contributed by atoms with van der Waals surface area (Å²) in [7, 11) is -4.18. The molecule has 0 radical (unpaired) electrons. The lowest BCUT2D eigenvalue weighted by Gasteiger charge is -2.43. The Bertz CT molecular complexity index is 846. The molecule has 0 aliphatic heterocycles. The Labute approximate surface area is 223 Å². The Morgan fingerprint density at radius 2 is 1.50 bits per heavy atom. The highest BCUT2D eigenvalue weighted by molar-refractivity contribution is 6.70. The number of carbonyl (C=O) groups excluding carboxylic acids is 1. The zero-order chi connectivity index (χ0) is 31.0. The molecular weight excluding hydrogens is 452 g/mol. The molecule has 0 saturated heterocycles. The third-order valence-electron chi connectivity index (χ3n) is 8.03. The van der Waals surface area contributed by atoms with Crippen molar-refractivity contribution < 1.29 is 21.9 Å². The minimum atomic E-state index is -2.76. The summed E-state index contributed by atoms with van der Waals surface area (Å²) >= 11 is 0. The number of hydrogen-bond donors (Lipinski definition) is 0. The summed E-state index contributed by atoms with van der Waals surface area (Å²) in [6.07, 6.45) is 8.75. The monoisotopic (exact) mass is 516 g/mol. The smallest absolute Gasteiger partial charge is 0.184 e. The van der Waals surface area contributed by atoms with Crippen LogP contribution in [-0.2, 0) is 13.6 Å². The van der Waals surface area contributed by atoms with Crippen molar-refractivity contribution in [1.29, 1.82) is 0 Å². The lowest BCUT2D eigenvalue weighted by atomic mass is 9.61. The fourth-order valence-electron chi connectivity index (χ4n) is 7.15. The van der Waals surface area contributed by atoms with Crippen LogP contribution in [0.1, 0.15) is 113 Å². The molecule has 2 aliphatic rings. The molecule has 200 valence electrons. The molecule has 0 bridgehead atoms. The maximum absolute atomic E-state index is 12.9. The first-order valence-corrected chi connectivity index (χ1v) is 20.6. The molecule has 2 rings (SSSR count). The molecule has 3 nitrogen and oxygen atoms in total. The van der Waals surface area contributed by atoms with Gasteiger partial charge in [0, 0.05) is 20.6 Å². The average Bonchev–Trinajstić information content (AvgIpc) is 3.05. The van der Waals surface area contributed by atoms with Crippen molar-refractivity contribution in [3.8, 4) is 0 Å². The van der Waals surface area contributed by atoms with E-state index in [1.54, 1.807) is 0 Å². The van der Waals surface area contributed by atoms with Gasteiger partial charge in [-0.1, -0.05) is 32.6 Å². The highest BCUT2D eigenvalue weighted by Gasteiger charge is 2.52. The van der Waals surface area contributed by atoms with Crippen LogP contribution < -0.4 is 0 Å². The van der Waals surface area contributed by atoms with E-state index in [-0.39, 0.29) is 23.4 Å². The quantitative estimate of drug-likeness (QED) is 0.229. The molecular formula is C29H58O3Si2. The highest BCUT2D eigenvalue weighted by Crippen LogP contribution is 2.58. The van der Waals surface area contributed by atoms with Crippen molar-refractivity contribution >= 4 is 22.4 Å². The number of hydrogen-bond acceptors (Lipinski definition) is 3. The van der Waals surface area contributed by atoms with E-state index in [1.165, 1.54) is 0 Å². The van der Waals surface area contributed by atoms with Crippen LogP contribution in [0.5, 0.6) is 0 Å². The second-order valence-corrected chi connectivity index (χ2v) is 23.0. The van der Waals surface area contributed by atoms with E-state index < -0.39 is 35.9 Å². The SMILES string of the molecule is [2H]C([2H])([2H])C(CCC[C@@H](CCCC(C)(C)O[Si](C)(C)C)[C@H]1CC[C@H]2C(=O)CCC[C@]12C)(O[Si](C)(C)C)C([2H])([2H])[2H]. The summed E-state index contributed by atoms with van der Waals surface area (Å²) in [5, 5.41) is 0. The van der Waals surface area contributed by atoms with Gasteiger partial charge in [0.05, 0.1) is 11.2 Å². The summed E-state index contributed by atoms with van der Waals surface area (Å²) in [6, 6.07) is 0. The van der Waals surface area contributed by atoms with Gasteiger partial charge in [0.2, 0.25) is 0 Å². The number of ketones is 1. The molecule has 2 saturated carbocycles. The summed E-state index contributed by atoms with van der Waals surface area (Å²) in [5.74, 6) is 1.23. The lowest BCUT2D eigenvalue weighted by molar-refractivity contribution is -0.130. The van der Waals surface area contributed by atoms with Crippen molar-refractivity contribution in [2.45, 2.75) is 156 Å². The molecule has 0 spiro atoms. The Morgan fingerprint density at radius 1 is 0.971 bits per heavy atom. The van der Waals surface area contributed by atoms with Crippen molar-refractivity contribution in [2.24, 2.45) is 23.2 Å². The molecule has 2 fully saturated rings. The van der Waals surface area contributed by atoms with Crippen molar-refractivity contribution in [3.05, 3.63) is 0 Å². The van der Waals surface area contributed by atoms with Crippen LogP contribution in [0, 0.1) is 23.2 Å². The van der Waals surface area contributed by atoms with Gasteiger partial charge in [-0.2, -0.15) is 0 Å². The first-order valence-electron chi connectivity index (χ1n) is 16.8. The number of fused-ring (bicyclic) bond motifs is 1. The van der Waals surface area contributed by atoms with Crippen LogP contribution in [-0.4, -0.2) is 33.6 Å². The molecule has 0 N–H and O–H groups in total. The Morgan fingerprint density at radius 3 is 2.03 bits per heavy atom. The first-order chi connectivity index (χ1) is 17.8. The van der Waals surface area contributed by atoms with Crippen LogP contribution in [0.25, 0.3) is 0 Å². The minimum Gasteiger partial charge on any atom is -0.413 e. The largest absolute Gasteiger partial charge is 0.413 e. The van der Waals surface area contributed by atoms with Gasteiger partial charge in [-0.15, -0.1) is 0 Å². The second-order valence-electron chi connectivity index (χ2n) is 14.1. The predicted octanol–water partition coefficient (Wildman–Crippen LogP) is 8.99. The Hall–Kier alpha value is 0.0238. The predicted molar refractivity (Wildman–Crippen MR) is 151 cm³/mol. The van der Waals surface area contributed by atoms with Gasteiger partial charge < -0.3 is 8.85 Å². The summed E-state index contributed by atoms with van der Waals surface area (Å²) in [6.45, 7) is 13.3. The molecule has 2 aliphatic carbocycles. The van der Waals surface area contributed by atoms with Crippen LogP contribution >= 0.6 is 0 Å². The molecule has 4 atom stereocenters. The second kappa shape index (κ2) is 11.2. The minimum absolute atomic E-state index is 0.0171. The Kier molecular flexibility index (Phi) is 7.25. The van der Waals surface area contributed by atoms with Gasteiger partial charge in [-0.05, 0) is 123 Å². The van der Waals surface area contributed by atoms with Gasteiger partial charge in [0.15, 0.2) is 16.6 Å². The van der Waals surface area contributed by atoms with Gasteiger partial charge >= 0.3 is 0 Å². The van der Waals surface area contributed by atoms with Gasteiger partial charge in [-0.25, -0.2) is 0 Å². The van der Waals surface area contributed by atoms with E-state index in [1.807, 2.05) is 19.6 Å². The van der Waals surface area contributed by atoms with E-state index in [2.05, 4.69) is 40.4 Å². The standard InChI is InChI=1S/C29H58O3Si2/c1-27(2,31-33(6,7)8)20-12-15-23(16-13-21-28(3,4)32-34(9,10)11)24-18-19-25-26(30)17-14-22-29(24,25)5/h23-25H,12-22H2,1-11H3/t24-,25+,29-/m1/s1/i1D3,2D3/t23-,24+,25-,29+/m0. The summed E-state index contributed by atoms with van der Waals surface area (Å²) < 4.78 is 62.2. The molecule has 5 heteroatoms. The van der Waals surface area contributed by atoms with Crippen molar-refractivity contribution in [2.75, 3.05) is 0 Å². The third kappa shape index (κ3) is 9.15. The topological polar surface area (TPSA) is 35.5 Å². The van der Waals surface area contributed by atoms with E-state index in [9.17, 15) is 4.79 Å². The van der Waals surface area contributed by atoms with Crippen molar-refractivity contribution in [1.82, 2.24) is 0 Å². The lowest BCUT2D eigenvalue weighted by Crippen LogP contribution is -2.40. The van der Waals surface area contributed by atoms with Crippen LogP contribution in [0.2, 0.25) is 39.3 Å². The van der Waals surface area contributed by atoms with Gasteiger partial charge in [0.1, 0.15) is 5.78 Å². The van der Waals surface area contributed by atoms with E-state index >= 15 is 0 Å². The molecule has 0 aromatic rings. The molecule has 0 aromatic carbocycles. The highest BCUT2D eigenvalue weighted by atomic mass is 28.4. The number of Topliss-reactive ketones (excluding diaryl/α,β-unsaturated/α-hetero) is 1. The average molecular weight is 517 g/mol. The van der Waals surface area contributed by atoms with Crippen LogP contribution in [0.3, 0.4) is 0 Å². The zero-order valence-corrected chi connectivity index (χ0v) is 25.7.